The third-order valence-electron chi connectivity index (χ3n) is 3.99. The molecule has 24 heavy (non-hydrogen) atoms. The summed E-state index contributed by atoms with van der Waals surface area (Å²) in [5.74, 6) is 2.34. The maximum absolute atomic E-state index is 9.06. The van der Waals surface area contributed by atoms with Crippen molar-refractivity contribution in [3.05, 3.63) is 28.3 Å². The van der Waals surface area contributed by atoms with Crippen molar-refractivity contribution in [1.82, 2.24) is 4.90 Å². The Balaban J connectivity index is 2.35. The summed E-state index contributed by atoms with van der Waals surface area (Å²) in [4.78, 5) is 7.34. The van der Waals surface area contributed by atoms with Crippen LogP contribution in [0.25, 0.3) is 0 Å². The first kappa shape index (κ1) is 19.1. The van der Waals surface area contributed by atoms with Gasteiger partial charge in [0.1, 0.15) is 0 Å². The number of benzene rings is 1. The minimum Gasteiger partial charge on any atom is -0.347 e. The number of hydrogen-bond acceptors (Lipinski definition) is 3. The molecule has 1 unspecified atom stereocenters. The quantitative estimate of drug-likeness (QED) is 0.680. The number of hydrogen-bond donors (Lipinski definition) is 0. The van der Waals surface area contributed by atoms with Gasteiger partial charge in [0, 0.05) is 18.3 Å². The van der Waals surface area contributed by atoms with Crippen molar-refractivity contribution in [1.29, 1.82) is 5.26 Å². The lowest BCUT2D eigenvalue weighted by atomic mass is 10.0. The number of thioether (sulfide) groups is 1. The third-order valence-corrected chi connectivity index (χ3v) is 5.41. The predicted octanol–water partition coefficient (Wildman–Crippen LogP) is 5.63. The van der Waals surface area contributed by atoms with Crippen LogP contribution in [0.15, 0.2) is 17.1 Å². The van der Waals surface area contributed by atoms with E-state index in [-0.39, 0.29) is 0 Å². The van der Waals surface area contributed by atoms with Crippen molar-refractivity contribution in [3.63, 3.8) is 0 Å². The molecule has 1 aliphatic heterocycles. The molecular weight excluding hydrogens is 338 g/mol. The Morgan fingerprint density at radius 1 is 1.33 bits per heavy atom. The highest BCUT2D eigenvalue weighted by Gasteiger charge is 2.31. The van der Waals surface area contributed by atoms with Gasteiger partial charge in [0.05, 0.1) is 22.3 Å². The van der Waals surface area contributed by atoms with E-state index in [4.69, 9.17) is 21.9 Å². The van der Waals surface area contributed by atoms with Crippen molar-refractivity contribution in [3.8, 4) is 6.07 Å². The highest BCUT2D eigenvalue weighted by molar-refractivity contribution is 8.14. The minimum absolute atomic E-state index is 0.536. The Morgan fingerprint density at radius 3 is 2.58 bits per heavy atom. The number of halogens is 1. The van der Waals surface area contributed by atoms with Crippen LogP contribution in [-0.4, -0.2) is 28.4 Å². The molecule has 2 rings (SSSR count). The maximum Gasteiger partial charge on any atom is 0.164 e. The van der Waals surface area contributed by atoms with Crippen molar-refractivity contribution < 1.29 is 0 Å². The molecule has 130 valence electrons. The van der Waals surface area contributed by atoms with Crippen LogP contribution in [0, 0.1) is 30.1 Å². The van der Waals surface area contributed by atoms with Crippen LogP contribution in [0.4, 0.5) is 5.69 Å². The normalized spacial score (nSPS) is 19.5. The second kappa shape index (κ2) is 8.27. The fraction of sp³-hybridized carbons (Fsp3) is 0.579. The molecule has 1 heterocycles. The van der Waals surface area contributed by atoms with Gasteiger partial charge in [0.15, 0.2) is 5.17 Å². The summed E-state index contributed by atoms with van der Waals surface area (Å²) < 4.78 is 0. The Morgan fingerprint density at radius 2 is 2.04 bits per heavy atom. The zero-order chi connectivity index (χ0) is 17.9. The van der Waals surface area contributed by atoms with Gasteiger partial charge in [-0.05, 0) is 42.9 Å². The van der Waals surface area contributed by atoms with Gasteiger partial charge < -0.3 is 4.90 Å². The molecule has 0 spiro atoms. The second-order valence-electron chi connectivity index (χ2n) is 7.27. The van der Waals surface area contributed by atoms with Crippen molar-refractivity contribution in [2.45, 2.75) is 47.1 Å². The van der Waals surface area contributed by atoms with Crippen LogP contribution in [0.2, 0.25) is 5.02 Å². The van der Waals surface area contributed by atoms with Gasteiger partial charge in [-0.3, -0.25) is 0 Å². The van der Waals surface area contributed by atoms with E-state index in [1.165, 1.54) is 6.42 Å². The SMILES string of the molecule is Cc1cc(C#N)cc(Cl)c1N=C1SCC(CC(C)C)N1CC(C)C. The minimum atomic E-state index is 0.536. The summed E-state index contributed by atoms with van der Waals surface area (Å²) in [5.41, 5.74) is 2.32. The van der Waals surface area contributed by atoms with Crippen molar-refractivity contribution >= 4 is 34.2 Å². The number of nitriles is 1. The first-order valence-corrected chi connectivity index (χ1v) is 9.86. The van der Waals surface area contributed by atoms with E-state index in [2.05, 4.69) is 38.7 Å². The standard InChI is InChI=1S/C19H26ClN3S/c1-12(2)6-16-11-24-19(23(16)10-13(3)4)22-18-14(5)7-15(9-21)8-17(18)20/h7-8,12-13,16H,6,10-11H2,1-5H3. The molecule has 1 atom stereocenters. The molecule has 5 heteroatoms. The van der Waals surface area contributed by atoms with E-state index in [0.29, 0.717) is 28.5 Å². The summed E-state index contributed by atoms with van der Waals surface area (Å²) in [6.45, 7) is 12.0. The molecule has 1 aliphatic rings. The van der Waals surface area contributed by atoms with Gasteiger partial charge in [-0.15, -0.1) is 0 Å². The highest BCUT2D eigenvalue weighted by Crippen LogP contribution is 2.35. The van der Waals surface area contributed by atoms with Crippen LogP contribution in [0.1, 0.15) is 45.2 Å². The molecule has 1 aromatic carbocycles. The van der Waals surface area contributed by atoms with Crippen LogP contribution in [0.3, 0.4) is 0 Å². The summed E-state index contributed by atoms with van der Waals surface area (Å²) in [5, 5.41) is 10.7. The summed E-state index contributed by atoms with van der Waals surface area (Å²) in [6, 6.07) is 6.23. The molecule has 0 radical (unpaired) electrons. The summed E-state index contributed by atoms with van der Waals surface area (Å²) in [7, 11) is 0. The molecule has 1 fully saturated rings. The molecule has 0 bridgehead atoms. The topological polar surface area (TPSA) is 39.4 Å². The lowest BCUT2D eigenvalue weighted by Gasteiger charge is -2.29. The largest absolute Gasteiger partial charge is 0.347 e. The second-order valence-corrected chi connectivity index (χ2v) is 8.66. The van der Waals surface area contributed by atoms with E-state index >= 15 is 0 Å². The molecule has 0 aromatic heterocycles. The van der Waals surface area contributed by atoms with E-state index in [0.717, 1.165) is 28.7 Å². The van der Waals surface area contributed by atoms with Crippen LogP contribution < -0.4 is 0 Å². The van der Waals surface area contributed by atoms with E-state index in [1.807, 2.05) is 24.8 Å². The first-order valence-electron chi connectivity index (χ1n) is 8.50. The highest BCUT2D eigenvalue weighted by atomic mass is 35.5. The van der Waals surface area contributed by atoms with Gasteiger partial charge >= 0.3 is 0 Å². The Bertz CT molecular complexity index is 638. The van der Waals surface area contributed by atoms with Crippen molar-refractivity contribution in [2.75, 3.05) is 12.3 Å². The van der Waals surface area contributed by atoms with E-state index < -0.39 is 0 Å². The number of aliphatic imine (C=N–C) groups is 1. The zero-order valence-corrected chi connectivity index (χ0v) is 16.7. The summed E-state index contributed by atoms with van der Waals surface area (Å²) >= 11 is 8.20. The predicted molar refractivity (Wildman–Crippen MR) is 105 cm³/mol. The van der Waals surface area contributed by atoms with E-state index in [9.17, 15) is 0 Å². The summed E-state index contributed by atoms with van der Waals surface area (Å²) in [6.07, 6.45) is 1.18. The van der Waals surface area contributed by atoms with Crippen LogP contribution >= 0.6 is 23.4 Å². The number of aryl methyl sites for hydroxylation is 1. The molecule has 3 nitrogen and oxygen atoms in total. The molecule has 1 saturated heterocycles. The van der Waals surface area contributed by atoms with Crippen LogP contribution in [0.5, 0.6) is 0 Å². The Labute approximate surface area is 155 Å². The third kappa shape index (κ3) is 4.68. The van der Waals surface area contributed by atoms with Gasteiger partial charge in [-0.1, -0.05) is 51.1 Å². The lowest BCUT2D eigenvalue weighted by Crippen LogP contribution is -2.37. The van der Waals surface area contributed by atoms with Gasteiger partial charge in [0.25, 0.3) is 0 Å². The first-order chi connectivity index (χ1) is 11.3. The molecule has 0 aliphatic carbocycles. The smallest absolute Gasteiger partial charge is 0.164 e. The number of rotatable bonds is 5. The number of amidine groups is 1. The maximum atomic E-state index is 9.06. The fourth-order valence-electron chi connectivity index (χ4n) is 2.99. The molecule has 0 saturated carbocycles. The van der Waals surface area contributed by atoms with Gasteiger partial charge in [-0.2, -0.15) is 5.26 Å². The van der Waals surface area contributed by atoms with Crippen molar-refractivity contribution in [2.24, 2.45) is 16.8 Å². The molecule has 1 aromatic rings. The molecule has 0 amide bonds. The average Bonchev–Trinajstić information content (AvgIpc) is 2.83. The lowest BCUT2D eigenvalue weighted by molar-refractivity contribution is 0.279. The fourth-order valence-corrected chi connectivity index (χ4v) is 4.51. The Kier molecular flexibility index (Phi) is 6.60. The molecule has 0 N–H and O–H groups in total. The zero-order valence-electron chi connectivity index (χ0n) is 15.1. The van der Waals surface area contributed by atoms with Gasteiger partial charge in [0.2, 0.25) is 0 Å². The molecular formula is C19H26ClN3S. The monoisotopic (exact) mass is 363 g/mol. The average molecular weight is 364 g/mol. The number of nitrogens with zero attached hydrogens (tertiary/aromatic N) is 3. The Hall–Kier alpha value is -1.18. The van der Waals surface area contributed by atoms with Crippen LogP contribution in [-0.2, 0) is 0 Å². The van der Waals surface area contributed by atoms with Gasteiger partial charge in [-0.25, -0.2) is 4.99 Å². The van der Waals surface area contributed by atoms with E-state index in [1.54, 1.807) is 6.07 Å².